The van der Waals surface area contributed by atoms with E-state index < -0.39 is 0 Å². The van der Waals surface area contributed by atoms with Gasteiger partial charge in [-0.3, -0.25) is 4.99 Å². The van der Waals surface area contributed by atoms with Crippen LogP contribution in [0, 0.1) is 11.8 Å². The molecule has 0 aliphatic rings. The van der Waals surface area contributed by atoms with Gasteiger partial charge in [-0.15, -0.1) is 0 Å². The monoisotopic (exact) mass is 190 g/mol. The smallest absolute Gasteiger partial charge is 0.190 e. The van der Waals surface area contributed by atoms with Crippen LogP contribution in [-0.4, -0.2) is 18.9 Å². The number of amidine groups is 1. The number of hydrogen-bond acceptors (Lipinski definition) is 1. The molecule has 72 valence electrons. The Hall–Kier alpha value is -0.240. The van der Waals surface area contributed by atoms with Gasteiger partial charge in [-0.2, -0.15) is 0 Å². The molecule has 0 bridgehead atoms. The van der Waals surface area contributed by atoms with Gasteiger partial charge in [0.2, 0.25) is 0 Å². The minimum Gasteiger partial charge on any atom is -0.364 e. The number of rotatable bonds is 4. The fourth-order valence-electron chi connectivity index (χ4n) is 0.886. The minimum absolute atomic E-state index is 0.505. The van der Waals surface area contributed by atoms with Crippen LogP contribution in [0.4, 0.5) is 0 Å². The molecule has 0 spiro atoms. The fourth-order valence-corrected chi connectivity index (χ4v) is 0.955. The van der Waals surface area contributed by atoms with Crippen molar-refractivity contribution in [2.24, 2.45) is 16.8 Å². The van der Waals surface area contributed by atoms with Crippen molar-refractivity contribution in [3.05, 3.63) is 0 Å². The molecule has 0 aliphatic heterocycles. The van der Waals surface area contributed by atoms with Gasteiger partial charge in [0.25, 0.3) is 0 Å². The lowest BCUT2D eigenvalue weighted by Crippen LogP contribution is -2.15. The molecule has 1 N–H and O–H groups in total. The van der Waals surface area contributed by atoms with Crippen molar-refractivity contribution in [3.63, 3.8) is 0 Å². The van der Waals surface area contributed by atoms with Gasteiger partial charge >= 0.3 is 0 Å². The Bertz CT molecular complexity index is 145. The van der Waals surface area contributed by atoms with Gasteiger partial charge in [-0.05, 0) is 23.4 Å². The summed E-state index contributed by atoms with van der Waals surface area (Å²) >= 11 is 5.70. The van der Waals surface area contributed by atoms with Crippen molar-refractivity contribution in [1.29, 1.82) is 0 Å². The third kappa shape index (κ3) is 4.60. The Morgan fingerprint density at radius 2 is 2.00 bits per heavy atom. The second-order valence-corrected chi connectivity index (χ2v) is 3.60. The first-order valence-electron chi connectivity index (χ1n) is 4.49. The molecule has 3 heteroatoms. The maximum Gasteiger partial charge on any atom is 0.190 e. The van der Waals surface area contributed by atoms with Crippen LogP contribution in [0.1, 0.15) is 27.2 Å². The first kappa shape index (κ1) is 11.8. The molecular weight excluding hydrogens is 172 g/mol. The van der Waals surface area contributed by atoms with E-state index in [1.165, 1.54) is 6.42 Å². The molecule has 2 nitrogen and oxygen atoms in total. The largest absolute Gasteiger partial charge is 0.364 e. The van der Waals surface area contributed by atoms with Gasteiger partial charge in [-0.25, -0.2) is 0 Å². The highest BCUT2D eigenvalue weighted by Gasteiger charge is 2.08. The number of nitrogens with one attached hydrogen (secondary N) is 1. The van der Waals surface area contributed by atoms with E-state index in [0.717, 1.165) is 12.5 Å². The first-order valence-corrected chi connectivity index (χ1v) is 4.87. The second-order valence-electron chi connectivity index (χ2n) is 3.24. The van der Waals surface area contributed by atoms with Crippen molar-refractivity contribution in [2.75, 3.05) is 13.6 Å². The van der Waals surface area contributed by atoms with Crippen LogP contribution in [0.15, 0.2) is 4.99 Å². The van der Waals surface area contributed by atoms with E-state index in [2.05, 4.69) is 31.1 Å². The van der Waals surface area contributed by atoms with Crippen LogP contribution in [0.5, 0.6) is 0 Å². The van der Waals surface area contributed by atoms with E-state index in [1.807, 2.05) is 0 Å². The van der Waals surface area contributed by atoms with Gasteiger partial charge < -0.3 is 5.32 Å². The zero-order valence-corrected chi connectivity index (χ0v) is 9.15. The van der Waals surface area contributed by atoms with E-state index in [4.69, 9.17) is 11.6 Å². The summed E-state index contributed by atoms with van der Waals surface area (Å²) < 4.78 is 0. The van der Waals surface area contributed by atoms with E-state index in [0.29, 0.717) is 11.2 Å². The maximum absolute atomic E-state index is 5.70. The van der Waals surface area contributed by atoms with Gasteiger partial charge in [0.1, 0.15) is 0 Å². The number of nitrogens with zero attached hydrogens (tertiary/aromatic N) is 1. The average molecular weight is 191 g/mol. The number of halogens is 1. The summed E-state index contributed by atoms with van der Waals surface area (Å²) in [4.78, 5) is 4.18. The van der Waals surface area contributed by atoms with Crippen LogP contribution in [0.3, 0.4) is 0 Å². The average Bonchev–Trinajstić information content (AvgIpc) is 2.11. The molecular formula is C9H19ClN2. The summed E-state index contributed by atoms with van der Waals surface area (Å²) in [5.41, 5.74) is 0. The molecule has 0 aromatic heterocycles. The predicted molar refractivity (Wildman–Crippen MR) is 55.8 cm³/mol. The van der Waals surface area contributed by atoms with Crippen molar-refractivity contribution in [3.8, 4) is 0 Å². The zero-order chi connectivity index (χ0) is 9.56. The number of hydrogen-bond donors (Lipinski definition) is 1. The van der Waals surface area contributed by atoms with Crippen LogP contribution < -0.4 is 5.32 Å². The summed E-state index contributed by atoms with van der Waals surface area (Å²) in [5, 5.41) is 3.30. The summed E-state index contributed by atoms with van der Waals surface area (Å²) in [6.07, 6.45) is 1.20. The van der Waals surface area contributed by atoms with E-state index in [9.17, 15) is 0 Å². The molecule has 0 amide bonds. The Kier molecular flexibility index (Phi) is 6.17. The highest BCUT2D eigenvalue weighted by Crippen LogP contribution is 2.14. The van der Waals surface area contributed by atoms with Gasteiger partial charge in [0.15, 0.2) is 5.29 Å². The predicted octanol–water partition coefficient (Wildman–Crippen LogP) is 2.48. The SMILES string of the molecule is CC[C@H](C)C(C)C/N=C(/Cl)NC. The maximum atomic E-state index is 5.70. The molecule has 0 heterocycles. The minimum atomic E-state index is 0.505. The van der Waals surface area contributed by atoms with Crippen LogP contribution >= 0.6 is 11.6 Å². The number of aliphatic imine (C=N–C) groups is 1. The van der Waals surface area contributed by atoms with Crippen LogP contribution in [0.2, 0.25) is 0 Å². The molecule has 0 rings (SSSR count). The molecule has 2 atom stereocenters. The van der Waals surface area contributed by atoms with Gasteiger partial charge in [0.05, 0.1) is 0 Å². The molecule has 0 aromatic rings. The van der Waals surface area contributed by atoms with E-state index >= 15 is 0 Å². The fraction of sp³-hybridized carbons (Fsp3) is 0.889. The highest BCUT2D eigenvalue weighted by molar-refractivity contribution is 6.64. The summed E-state index contributed by atoms with van der Waals surface area (Å²) in [6, 6.07) is 0. The van der Waals surface area contributed by atoms with Crippen LogP contribution in [0.25, 0.3) is 0 Å². The Morgan fingerprint density at radius 3 is 2.42 bits per heavy atom. The molecule has 0 saturated carbocycles. The van der Waals surface area contributed by atoms with Crippen LogP contribution in [-0.2, 0) is 0 Å². The summed E-state index contributed by atoms with van der Waals surface area (Å²) in [5.74, 6) is 1.33. The van der Waals surface area contributed by atoms with Gasteiger partial charge in [0, 0.05) is 13.6 Å². The second kappa shape index (κ2) is 6.30. The topological polar surface area (TPSA) is 24.4 Å². The summed E-state index contributed by atoms with van der Waals surface area (Å²) in [7, 11) is 1.78. The lowest BCUT2D eigenvalue weighted by molar-refractivity contribution is 0.386. The first-order chi connectivity index (χ1) is 5.61. The standard InChI is InChI=1S/C9H19ClN2/c1-5-7(2)8(3)6-12-9(10)11-4/h7-8H,5-6H2,1-4H3,(H,11,12)/t7-,8?/m0/s1. The molecule has 0 saturated heterocycles. The third-order valence-electron chi connectivity index (χ3n) is 2.34. The van der Waals surface area contributed by atoms with Gasteiger partial charge in [-0.1, -0.05) is 27.2 Å². The van der Waals surface area contributed by atoms with Crippen molar-refractivity contribution in [1.82, 2.24) is 5.32 Å². The molecule has 0 radical (unpaired) electrons. The quantitative estimate of drug-likeness (QED) is 0.411. The highest BCUT2D eigenvalue weighted by atomic mass is 35.5. The van der Waals surface area contributed by atoms with Crippen molar-refractivity contribution < 1.29 is 0 Å². The van der Waals surface area contributed by atoms with Crippen molar-refractivity contribution in [2.45, 2.75) is 27.2 Å². The lowest BCUT2D eigenvalue weighted by Gasteiger charge is -2.15. The Labute approximate surface area is 80.4 Å². The Balaban J connectivity index is 3.77. The summed E-state index contributed by atoms with van der Waals surface area (Å²) in [6.45, 7) is 7.46. The molecule has 0 aliphatic carbocycles. The molecule has 0 aromatic carbocycles. The molecule has 1 unspecified atom stereocenters. The molecule has 0 fully saturated rings. The Morgan fingerprint density at radius 1 is 1.42 bits per heavy atom. The zero-order valence-electron chi connectivity index (χ0n) is 8.39. The normalized spacial score (nSPS) is 17.2. The van der Waals surface area contributed by atoms with Crippen molar-refractivity contribution >= 4 is 16.9 Å². The van der Waals surface area contributed by atoms with E-state index in [1.54, 1.807) is 7.05 Å². The molecule has 12 heavy (non-hydrogen) atoms. The van der Waals surface area contributed by atoms with E-state index in [-0.39, 0.29) is 0 Å². The lowest BCUT2D eigenvalue weighted by atomic mass is 9.94. The third-order valence-corrected chi connectivity index (χ3v) is 2.65.